The molecule has 0 radical (unpaired) electrons. The average molecular weight is 247 g/mol. The molecule has 3 heteroatoms. The molecule has 0 bridgehead atoms. The van der Waals surface area contributed by atoms with Gasteiger partial charge in [0.2, 0.25) is 0 Å². The molecular weight excluding hydrogens is 222 g/mol. The van der Waals surface area contributed by atoms with Gasteiger partial charge in [-0.05, 0) is 57.9 Å². The van der Waals surface area contributed by atoms with E-state index in [0.717, 1.165) is 18.3 Å². The summed E-state index contributed by atoms with van der Waals surface area (Å²) in [6.45, 7) is 11.6. The van der Waals surface area contributed by atoms with Crippen LogP contribution in [-0.2, 0) is 12.0 Å². The summed E-state index contributed by atoms with van der Waals surface area (Å²) in [5, 5.41) is 4.49. The molecule has 1 saturated heterocycles. The Balaban J connectivity index is 1.60. The summed E-state index contributed by atoms with van der Waals surface area (Å²) in [7, 11) is 0. The molecule has 18 heavy (non-hydrogen) atoms. The van der Waals surface area contributed by atoms with Gasteiger partial charge in [0.25, 0.3) is 0 Å². The zero-order valence-electron chi connectivity index (χ0n) is 12.1. The number of fused-ring (bicyclic) bond motifs is 1. The molecule has 1 aromatic rings. The number of aromatic nitrogens is 2. The Kier molecular flexibility index (Phi) is 2.77. The fraction of sp³-hybridized carbons (Fsp3) is 0.800. The number of nitrogens with zero attached hydrogens (tertiary/aromatic N) is 3. The summed E-state index contributed by atoms with van der Waals surface area (Å²) in [5.41, 5.74) is 1.47. The predicted molar refractivity (Wildman–Crippen MR) is 73.6 cm³/mol. The maximum Gasteiger partial charge on any atom is 0.0543 e. The van der Waals surface area contributed by atoms with Gasteiger partial charge in [0, 0.05) is 25.3 Å². The van der Waals surface area contributed by atoms with Crippen LogP contribution in [0.2, 0.25) is 0 Å². The summed E-state index contributed by atoms with van der Waals surface area (Å²) in [6.07, 6.45) is 6.88. The summed E-state index contributed by atoms with van der Waals surface area (Å²) in [5.74, 6) is 2.06. The third-order valence-electron chi connectivity index (χ3n) is 4.48. The molecule has 2 fully saturated rings. The van der Waals surface area contributed by atoms with Gasteiger partial charge in [-0.1, -0.05) is 0 Å². The van der Waals surface area contributed by atoms with E-state index in [1.54, 1.807) is 0 Å². The second-order valence-corrected chi connectivity index (χ2v) is 7.23. The van der Waals surface area contributed by atoms with Gasteiger partial charge in [-0.25, -0.2) is 0 Å². The van der Waals surface area contributed by atoms with E-state index >= 15 is 0 Å². The Morgan fingerprint density at radius 3 is 2.56 bits per heavy atom. The number of likely N-dealkylation sites (tertiary alicyclic amines) is 1. The molecule has 2 heterocycles. The first kappa shape index (κ1) is 12.2. The minimum absolute atomic E-state index is 0.0940. The average Bonchev–Trinajstić information content (AvgIpc) is 2.75. The molecule has 0 spiro atoms. The van der Waals surface area contributed by atoms with Gasteiger partial charge in [0.1, 0.15) is 0 Å². The molecular formula is C15H25N3. The molecule has 0 amide bonds. The Bertz CT molecular complexity index is 419. The van der Waals surface area contributed by atoms with E-state index in [2.05, 4.69) is 48.6 Å². The van der Waals surface area contributed by atoms with E-state index in [-0.39, 0.29) is 5.54 Å². The topological polar surface area (TPSA) is 21.1 Å². The molecule has 2 aliphatic rings. The number of hydrogen-bond donors (Lipinski definition) is 0. The summed E-state index contributed by atoms with van der Waals surface area (Å²) in [6, 6.07) is 0.662. The maximum atomic E-state index is 4.49. The number of hydrogen-bond acceptors (Lipinski definition) is 2. The fourth-order valence-corrected chi connectivity index (χ4v) is 3.10. The SMILES string of the molecule is CC(Cc1cnn(C(C)(C)C)c1)N1CC2CC2C1. The minimum atomic E-state index is 0.0940. The molecule has 1 saturated carbocycles. The first-order chi connectivity index (χ1) is 8.43. The van der Waals surface area contributed by atoms with Crippen LogP contribution in [0, 0.1) is 11.8 Å². The van der Waals surface area contributed by atoms with Gasteiger partial charge in [-0.2, -0.15) is 5.10 Å². The number of piperidine rings is 1. The lowest BCUT2D eigenvalue weighted by atomic mass is 10.1. The molecule has 0 N–H and O–H groups in total. The van der Waals surface area contributed by atoms with Crippen molar-refractivity contribution in [1.29, 1.82) is 0 Å². The first-order valence-corrected chi connectivity index (χ1v) is 7.21. The van der Waals surface area contributed by atoms with Crippen molar-refractivity contribution in [2.75, 3.05) is 13.1 Å². The monoisotopic (exact) mass is 247 g/mol. The summed E-state index contributed by atoms with van der Waals surface area (Å²) >= 11 is 0. The van der Waals surface area contributed by atoms with Crippen LogP contribution in [0.3, 0.4) is 0 Å². The van der Waals surface area contributed by atoms with Crippen LogP contribution in [0.1, 0.15) is 39.7 Å². The van der Waals surface area contributed by atoms with Crippen LogP contribution < -0.4 is 0 Å². The van der Waals surface area contributed by atoms with Crippen LogP contribution >= 0.6 is 0 Å². The standard InChI is InChI=1S/C15H25N3/c1-11(17-9-13-6-14(13)10-17)5-12-7-16-18(8-12)15(2,3)4/h7-8,11,13-14H,5-6,9-10H2,1-4H3. The van der Waals surface area contributed by atoms with Gasteiger partial charge in [0.05, 0.1) is 11.7 Å². The Morgan fingerprint density at radius 2 is 2.00 bits per heavy atom. The van der Waals surface area contributed by atoms with Gasteiger partial charge in [-0.3, -0.25) is 9.58 Å². The second-order valence-electron chi connectivity index (χ2n) is 7.23. The van der Waals surface area contributed by atoms with Crippen LogP contribution in [-0.4, -0.2) is 33.8 Å². The smallest absolute Gasteiger partial charge is 0.0543 e. The Hall–Kier alpha value is -0.830. The first-order valence-electron chi connectivity index (χ1n) is 7.21. The highest BCUT2D eigenvalue weighted by Gasteiger charge is 2.45. The molecule has 100 valence electrons. The van der Waals surface area contributed by atoms with Crippen LogP contribution in [0.5, 0.6) is 0 Å². The summed E-state index contributed by atoms with van der Waals surface area (Å²) < 4.78 is 2.08. The molecule has 1 aliphatic heterocycles. The van der Waals surface area contributed by atoms with Gasteiger partial charge in [0.15, 0.2) is 0 Å². The van der Waals surface area contributed by atoms with Crippen LogP contribution in [0.4, 0.5) is 0 Å². The molecule has 3 nitrogen and oxygen atoms in total. The zero-order valence-corrected chi connectivity index (χ0v) is 12.1. The molecule has 0 aromatic carbocycles. The van der Waals surface area contributed by atoms with Crippen LogP contribution in [0.25, 0.3) is 0 Å². The largest absolute Gasteiger partial charge is 0.300 e. The summed E-state index contributed by atoms with van der Waals surface area (Å²) in [4.78, 5) is 2.66. The maximum absolute atomic E-state index is 4.49. The lowest BCUT2D eigenvalue weighted by Crippen LogP contribution is -2.34. The molecule has 1 aromatic heterocycles. The lowest BCUT2D eigenvalue weighted by Gasteiger charge is -2.25. The van der Waals surface area contributed by atoms with E-state index in [0.29, 0.717) is 6.04 Å². The fourth-order valence-electron chi connectivity index (χ4n) is 3.10. The van der Waals surface area contributed by atoms with Crippen LogP contribution in [0.15, 0.2) is 12.4 Å². The Labute approximate surface area is 110 Å². The van der Waals surface area contributed by atoms with E-state index < -0.39 is 0 Å². The van der Waals surface area contributed by atoms with Crippen molar-refractivity contribution in [3.8, 4) is 0 Å². The van der Waals surface area contributed by atoms with Gasteiger partial charge >= 0.3 is 0 Å². The van der Waals surface area contributed by atoms with Crippen molar-refractivity contribution >= 4 is 0 Å². The van der Waals surface area contributed by atoms with Crippen molar-refractivity contribution in [3.63, 3.8) is 0 Å². The minimum Gasteiger partial charge on any atom is -0.300 e. The van der Waals surface area contributed by atoms with E-state index in [1.807, 2.05) is 6.20 Å². The zero-order chi connectivity index (χ0) is 12.9. The van der Waals surface area contributed by atoms with Crippen molar-refractivity contribution in [3.05, 3.63) is 18.0 Å². The normalized spacial score (nSPS) is 29.3. The second kappa shape index (κ2) is 4.09. The predicted octanol–water partition coefficient (Wildman–Crippen LogP) is 2.52. The van der Waals surface area contributed by atoms with Crippen molar-refractivity contribution in [2.45, 2.75) is 52.1 Å². The molecule has 1 aliphatic carbocycles. The molecule has 3 rings (SSSR count). The van der Waals surface area contributed by atoms with Crippen molar-refractivity contribution in [1.82, 2.24) is 14.7 Å². The van der Waals surface area contributed by atoms with Crippen molar-refractivity contribution in [2.24, 2.45) is 11.8 Å². The van der Waals surface area contributed by atoms with Gasteiger partial charge in [-0.15, -0.1) is 0 Å². The Morgan fingerprint density at radius 1 is 1.33 bits per heavy atom. The van der Waals surface area contributed by atoms with Crippen molar-refractivity contribution < 1.29 is 0 Å². The molecule has 3 atom stereocenters. The third kappa shape index (κ3) is 2.33. The number of rotatable bonds is 3. The van der Waals surface area contributed by atoms with Gasteiger partial charge < -0.3 is 0 Å². The highest BCUT2D eigenvalue weighted by atomic mass is 15.3. The molecule has 3 unspecified atom stereocenters. The van der Waals surface area contributed by atoms with E-state index in [4.69, 9.17) is 0 Å². The third-order valence-corrected chi connectivity index (χ3v) is 4.48. The lowest BCUT2D eigenvalue weighted by molar-refractivity contribution is 0.232. The highest BCUT2D eigenvalue weighted by molar-refractivity contribution is 5.08. The van der Waals surface area contributed by atoms with E-state index in [9.17, 15) is 0 Å². The van der Waals surface area contributed by atoms with E-state index in [1.165, 1.54) is 25.1 Å². The quantitative estimate of drug-likeness (QED) is 0.818. The highest BCUT2D eigenvalue weighted by Crippen LogP contribution is 2.45.